The second-order valence-electron chi connectivity index (χ2n) is 9.10. The zero-order valence-electron chi connectivity index (χ0n) is 18.9. The van der Waals surface area contributed by atoms with Gasteiger partial charge in [-0.3, -0.25) is 0 Å². The van der Waals surface area contributed by atoms with E-state index in [0.717, 1.165) is 41.8 Å². The summed E-state index contributed by atoms with van der Waals surface area (Å²) in [4.78, 5) is 2.54. The van der Waals surface area contributed by atoms with E-state index in [1.54, 1.807) is 14.2 Å². The van der Waals surface area contributed by atoms with Crippen molar-refractivity contribution in [2.45, 2.75) is 79.5 Å². The van der Waals surface area contributed by atoms with Crippen molar-refractivity contribution in [2.75, 3.05) is 27.4 Å². The molecule has 1 heterocycles. The Kier molecular flexibility index (Phi) is 8.21. The molecular formula is C21H33LiO4S2. The summed E-state index contributed by atoms with van der Waals surface area (Å²) >= 11 is 5.95. The van der Waals surface area contributed by atoms with E-state index in [1.807, 2.05) is 23.5 Å². The molecule has 0 saturated heterocycles. The van der Waals surface area contributed by atoms with Gasteiger partial charge in [-0.2, -0.15) is 0 Å². The Hall–Kier alpha value is 0.0374. The molecule has 0 amide bonds. The van der Waals surface area contributed by atoms with Crippen molar-refractivity contribution in [1.82, 2.24) is 0 Å². The molecule has 0 radical (unpaired) electrons. The molecule has 1 aromatic rings. The van der Waals surface area contributed by atoms with E-state index in [4.69, 9.17) is 18.9 Å². The van der Waals surface area contributed by atoms with Gasteiger partial charge in [-0.05, 0) is 0 Å². The van der Waals surface area contributed by atoms with Crippen LogP contribution in [-0.4, -0.2) is 60.4 Å². The Bertz CT molecular complexity index is 660. The number of rotatable bonds is 8. The van der Waals surface area contributed by atoms with E-state index in [9.17, 15) is 0 Å². The molecule has 0 saturated carbocycles. The first kappa shape index (κ1) is 24.3. The van der Waals surface area contributed by atoms with Crippen LogP contribution in [0.1, 0.15) is 54.4 Å². The maximum absolute atomic E-state index is 6.07. The molecule has 28 heavy (non-hydrogen) atoms. The second-order valence-corrected chi connectivity index (χ2v) is 12.2. The van der Waals surface area contributed by atoms with E-state index in [1.165, 1.54) is 9.79 Å². The second kappa shape index (κ2) is 9.45. The molecule has 0 atom stereocenters. The molecule has 0 aliphatic carbocycles. The van der Waals surface area contributed by atoms with Crippen LogP contribution in [0.3, 0.4) is 0 Å². The number of thioether (sulfide) groups is 2. The molecule has 0 spiro atoms. The van der Waals surface area contributed by atoms with Gasteiger partial charge in [0.15, 0.2) is 0 Å². The molecule has 0 fully saturated rings. The van der Waals surface area contributed by atoms with Crippen molar-refractivity contribution in [2.24, 2.45) is 0 Å². The van der Waals surface area contributed by atoms with Crippen molar-refractivity contribution >= 4 is 45.5 Å². The molecule has 1 aliphatic rings. The fourth-order valence-electron chi connectivity index (χ4n) is 3.09. The van der Waals surface area contributed by atoms with Crippen LogP contribution in [-0.2, 0) is 9.47 Å². The summed E-state index contributed by atoms with van der Waals surface area (Å²) in [6, 6.07) is 2.11. The van der Waals surface area contributed by atoms with E-state index in [2.05, 4.69) is 65.3 Å². The van der Waals surface area contributed by atoms with Gasteiger partial charge in [-0.1, -0.05) is 0 Å². The third-order valence-electron chi connectivity index (χ3n) is 4.44. The van der Waals surface area contributed by atoms with Crippen molar-refractivity contribution in [3.63, 3.8) is 0 Å². The fraction of sp³-hybridized carbons (Fsp3) is 0.714. The van der Waals surface area contributed by atoms with Crippen LogP contribution in [0.4, 0.5) is 0 Å². The molecule has 4 nitrogen and oxygen atoms in total. The standard InChI is InChI=1S/C21H33O4S2.Li/c1-19(2,3)24-11-9-21(10-12-25-20(4,5)6)26-17-13-15(22-7)16(23-8)14-18(17)27-21;/h13H,9-12H2,1-8H3;. The minimum absolute atomic E-state index is 0.0129. The van der Waals surface area contributed by atoms with E-state index in [0.29, 0.717) is 0 Å². The number of methoxy groups -OCH3 is 2. The Morgan fingerprint density at radius 2 is 1.43 bits per heavy atom. The van der Waals surface area contributed by atoms with Crippen LogP contribution >= 0.6 is 23.5 Å². The summed E-state index contributed by atoms with van der Waals surface area (Å²) in [5.74, 6) is 1.61. The van der Waals surface area contributed by atoms with E-state index >= 15 is 0 Å². The third kappa shape index (κ3) is 6.52. The first-order valence-electron chi connectivity index (χ1n) is 9.81. The van der Waals surface area contributed by atoms with Crippen LogP contribution in [0.25, 0.3) is 0 Å². The summed E-state index contributed by atoms with van der Waals surface area (Å²) in [6.07, 6.45) is 1.90. The summed E-state index contributed by atoms with van der Waals surface area (Å²) in [5.41, 5.74) is -0.265. The topological polar surface area (TPSA) is 36.9 Å². The Labute approximate surface area is 188 Å². The zero-order valence-corrected chi connectivity index (χ0v) is 20.5. The molecule has 1 aromatic carbocycles. The van der Waals surface area contributed by atoms with Crippen molar-refractivity contribution < 1.29 is 18.9 Å². The average Bonchev–Trinajstić information content (AvgIpc) is 2.91. The predicted octanol–water partition coefficient (Wildman–Crippen LogP) is 4.80. The van der Waals surface area contributed by atoms with Gasteiger partial charge in [0, 0.05) is 0 Å². The van der Waals surface area contributed by atoms with Crippen LogP contribution in [0.15, 0.2) is 15.9 Å². The van der Waals surface area contributed by atoms with Gasteiger partial charge in [0.2, 0.25) is 0 Å². The fourth-order valence-corrected chi connectivity index (χ4v) is 6.36. The van der Waals surface area contributed by atoms with Crippen molar-refractivity contribution in [1.29, 1.82) is 0 Å². The summed E-state index contributed by atoms with van der Waals surface area (Å²) in [6.45, 7) is 14.1. The number of benzene rings is 1. The monoisotopic (exact) mass is 420 g/mol. The number of fused-ring (bicyclic) bond motifs is 1. The molecular weight excluding hydrogens is 387 g/mol. The molecule has 2 rings (SSSR count). The number of hydrogen-bond donors (Lipinski definition) is 0. The van der Waals surface area contributed by atoms with Gasteiger partial charge in [-0.15, -0.1) is 0 Å². The molecule has 0 unspecified atom stereocenters. The summed E-state index contributed by atoms with van der Waals surface area (Å²) < 4.78 is 24.4. The normalized spacial score (nSPS) is 16.2. The van der Waals surface area contributed by atoms with Crippen LogP contribution < -0.4 is 13.7 Å². The minimum atomic E-state index is -0.133. The quantitative estimate of drug-likeness (QED) is 0.562. The Balaban J connectivity index is 2.25. The first-order valence-corrected chi connectivity index (χ1v) is 11.4. The molecule has 154 valence electrons. The Morgan fingerprint density at radius 1 is 0.893 bits per heavy atom. The summed E-state index contributed by atoms with van der Waals surface area (Å²) in [5, 5.41) is 0. The van der Waals surface area contributed by atoms with Crippen LogP contribution in [0.2, 0.25) is 0 Å². The van der Waals surface area contributed by atoms with Crippen molar-refractivity contribution in [3.05, 3.63) is 6.07 Å². The third-order valence-corrected chi connectivity index (χ3v) is 7.90. The molecule has 0 aromatic heterocycles. The predicted molar refractivity (Wildman–Crippen MR) is 120 cm³/mol. The Morgan fingerprint density at radius 3 is 1.86 bits per heavy atom. The van der Waals surface area contributed by atoms with E-state index < -0.39 is 0 Å². The van der Waals surface area contributed by atoms with Gasteiger partial charge >= 0.3 is 189 Å². The molecule has 1 aliphatic heterocycles. The van der Waals surface area contributed by atoms with Crippen molar-refractivity contribution in [3.8, 4) is 11.5 Å². The molecule has 0 N–H and O–H groups in total. The van der Waals surface area contributed by atoms with Crippen LogP contribution in [0.5, 0.6) is 11.5 Å². The van der Waals surface area contributed by atoms with Crippen LogP contribution in [0, 0.1) is 0 Å². The van der Waals surface area contributed by atoms with Gasteiger partial charge in [0.1, 0.15) is 0 Å². The summed E-state index contributed by atoms with van der Waals surface area (Å²) in [7, 11) is 3.39. The SMILES string of the molecule is [Li][c]1c(OC)c(OC)cc2c1SC(CCOC(C)(C)C)(CCOC(C)(C)C)S2. The van der Waals surface area contributed by atoms with Gasteiger partial charge in [0.25, 0.3) is 0 Å². The zero-order chi connectivity index (χ0) is 21.2. The maximum atomic E-state index is 6.07. The van der Waals surface area contributed by atoms with Gasteiger partial charge in [-0.25, -0.2) is 0 Å². The molecule has 0 bridgehead atoms. The van der Waals surface area contributed by atoms with Gasteiger partial charge in [0.05, 0.1) is 0 Å². The molecule has 7 heteroatoms. The van der Waals surface area contributed by atoms with Gasteiger partial charge < -0.3 is 0 Å². The number of ether oxygens (including phenoxy) is 4. The van der Waals surface area contributed by atoms with E-state index in [-0.39, 0.29) is 15.3 Å². The average molecular weight is 421 g/mol. The first-order chi connectivity index (χ1) is 12.9. The number of hydrogen-bond acceptors (Lipinski definition) is 6.